The Hall–Kier alpha value is -2.60. The summed E-state index contributed by atoms with van der Waals surface area (Å²) in [5.74, 6) is -0.0537. The number of nitrogens with one attached hydrogen (secondary N) is 2. The van der Waals surface area contributed by atoms with E-state index in [1.54, 1.807) is 16.2 Å². The van der Waals surface area contributed by atoms with Crippen LogP contribution in [0.2, 0.25) is 0 Å². The second-order valence-electron chi connectivity index (χ2n) is 9.03. The highest BCUT2D eigenvalue weighted by Crippen LogP contribution is 2.28. The SMILES string of the molecule is CC[C@@](C)(C(=O)NC1CCCCC1)N(Cc1cccs1)C(=O)Cc1c[nH]c2ccccc12. The van der Waals surface area contributed by atoms with E-state index in [1.165, 1.54) is 6.42 Å². The number of amides is 2. The molecule has 3 aromatic rings. The van der Waals surface area contributed by atoms with E-state index in [9.17, 15) is 9.59 Å². The third kappa shape index (κ3) is 4.75. The minimum absolute atomic E-state index is 0.0219. The Morgan fingerprint density at radius 3 is 2.66 bits per heavy atom. The highest BCUT2D eigenvalue weighted by Gasteiger charge is 2.41. The molecule has 6 heteroatoms. The van der Waals surface area contributed by atoms with Gasteiger partial charge in [-0.3, -0.25) is 9.59 Å². The Kier molecular flexibility index (Phi) is 6.99. The first-order chi connectivity index (χ1) is 15.5. The molecule has 170 valence electrons. The van der Waals surface area contributed by atoms with E-state index in [1.807, 2.05) is 61.8 Å². The number of rotatable bonds is 8. The first kappa shape index (κ1) is 22.6. The topological polar surface area (TPSA) is 65.2 Å². The van der Waals surface area contributed by atoms with E-state index >= 15 is 0 Å². The van der Waals surface area contributed by atoms with Gasteiger partial charge in [-0.25, -0.2) is 0 Å². The molecule has 2 amide bonds. The molecule has 32 heavy (non-hydrogen) atoms. The van der Waals surface area contributed by atoms with Crippen LogP contribution in [-0.4, -0.2) is 33.3 Å². The predicted molar refractivity (Wildman–Crippen MR) is 131 cm³/mol. The summed E-state index contributed by atoms with van der Waals surface area (Å²) >= 11 is 1.62. The summed E-state index contributed by atoms with van der Waals surface area (Å²) in [6.45, 7) is 4.37. The number of hydrogen-bond acceptors (Lipinski definition) is 3. The number of aromatic nitrogens is 1. The fourth-order valence-electron chi connectivity index (χ4n) is 4.69. The first-order valence-electron chi connectivity index (χ1n) is 11.7. The third-order valence-electron chi connectivity index (χ3n) is 6.93. The van der Waals surface area contributed by atoms with Crippen molar-refractivity contribution < 1.29 is 9.59 Å². The molecule has 0 aliphatic heterocycles. The molecule has 1 aromatic carbocycles. The van der Waals surface area contributed by atoms with Crippen LogP contribution < -0.4 is 5.32 Å². The minimum Gasteiger partial charge on any atom is -0.361 e. The molecule has 0 saturated heterocycles. The fraction of sp³-hybridized carbons (Fsp3) is 0.462. The second kappa shape index (κ2) is 9.90. The van der Waals surface area contributed by atoms with Crippen LogP contribution in [0.25, 0.3) is 10.9 Å². The van der Waals surface area contributed by atoms with Gasteiger partial charge < -0.3 is 15.2 Å². The summed E-state index contributed by atoms with van der Waals surface area (Å²) in [5.41, 5.74) is 1.09. The van der Waals surface area contributed by atoms with Crippen molar-refractivity contribution in [2.75, 3.05) is 0 Å². The van der Waals surface area contributed by atoms with E-state index in [0.29, 0.717) is 13.0 Å². The van der Waals surface area contributed by atoms with E-state index < -0.39 is 5.54 Å². The Morgan fingerprint density at radius 2 is 1.94 bits per heavy atom. The molecular weight excluding hydrogens is 418 g/mol. The lowest BCUT2D eigenvalue weighted by Gasteiger charge is -2.40. The first-order valence-corrected chi connectivity index (χ1v) is 12.6. The van der Waals surface area contributed by atoms with Gasteiger partial charge in [-0.15, -0.1) is 11.3 Å². The number of benzene rings is 1. The maximum Gasteiger partial charge on any atom is 0.245 e. The molecule has 1 saturated carbocycles. The van der Waals surface area contributed by atoms with Crippen LogP contribution in [0.3, 0.4) is 0 Å². The molecule has 2 N–H and O–H groups in total. The van der Waals surface area contributed by atoms with Crippen LogP contribution in [0.15, 0.2) is 48.0 Å². The summed E-state index contributed by atoms with van der Waals surface area (Å²) < 4.78 is 0. The zero-order valence-electron chi connectivity index (χ0n) is 19.0. The van der Waals surface area contributed by atoms with Gasteiger partial charge in [0.2, 0.25) is 11.8 Å². The van der Waals surface area contributed by atoms with Gasteiger partial charge in [-0.1, -0.05) is 50.5 Å². The molecule has 0 radical (unpaired) electrons. The molecule has 1 aliphatic rings. The maximum absolute atomic E-state index is 13.7. The average molecular weight is 452 g/mol. The number of fused-ring (bicyclic) bond motifs is 1. The van der Waals surface area contributed by atoms with Crippen LogP contribution in [0.5, 0.6) is 0 Å². The lowest BCUT2D eigenvalue weighted by molar-refractivity contribution is -0.148. The number of carbonyl (C=O) groups excluding carboxylic acids is 2. The molecule has 1 aliphatic carbocycles. The molecule has 2 aromatic heterocycles. The molecule has 0 bridgehead atoms. The van der Waals surface area contributed by atoms with Crippen molar-refractivity contribution in [3.63, 3.8) is 0 Å². The smallest absolute Gasteiger partial charge is 0.245 e. The number of thiophene rings is 1. The molecular formula is C26H33N3O2S. The van der Waals surface area contributed by atoms with Crippen LogP contribution in [0, 0.1) is 0 Å². The molecule has 5 nitrogen and oxygen atoms in total. The van der Waals surface area contributed by atoms with Crippen LogP contribution >= 0.6 is 11.3 Å². The minimum atomic E-state index is -0.898. The summed E-state index contributed by atoms with van der Waals surface area (Å²) in [6.07, 6.45) is 8.36. The van der Waals surface area contributed by atoms with Crippen LogP contribution in [0.4, 0.5) is 0 Å². The summed E-state index contributed by atoms with van der Waals surface area (Å²) in [6, 6.07) is 12.3. The van der Waals surface area contributed by atoms with E-state index in [-0.39, 0.29) is 24.3 Å². The summed E-state index contributed by atoms with van der Waals surface area (Å²) in [5, 5.41) is 6.35. The standard InChI is InChI=1S/C26H33N3O2S/c1-3-26(2,25(31)28-20-10-5-4-6-11-20)29(18-21-12-9-15-32-21)24(30)16-19-17-27-23-14-8-7-13-22(19)23/h7-9,12-15,17,20,27H,3-6,10-11,16,18H2,1-2H3,(H,28,31)/t26-/m0/s1. The number of hydrogen-bond donors (Lipinski definition) is 2. The molecule has 0 unspecified atom stereocenters. The average Bonchev–Trinajstić information content (AvgIpc) is 3.48. The Bertz CT molecular complexity index is 1050. The van der Waals surface area contributed by atoms with Crippen LogP contribution in [-0.2, 0) is 22.6 Å². The van der Waals surface area contributed by atoms with Crippen molar-refractivity contribution in [2.45, 2.75) is 76.9 Å². The van der Waals surface area contributed by atoms with Crippen molar-refractivity contribution in [3.8, 4) is 0 Å². The van der Waals surface area contributed by atoms with Crippen molar-refractivity contribution in [1.82, 2.24) is 15.2 Å². The van der Waals surface area contributed by atoms with Crippen molar-refractivity contribution in [1.29, 1.82) is 0 Å². The monoisotopic (exact) mass is 451 g/mol. The summed E-state index contributed by atoms with van der Waals surface area (Å²) in [4.78, 5) is 33.4. The molecule has 1 fully saturated rings. The quantitative estimate of drug-likeness (QED) is 0.480. The van der Waals surface area contributed by atoms with Gasteiger partial charge in [0, 0.05) is 28.0 Å². The summed E-state index contributed by atoms with van der Waals surface area (Å²) in [7, 11) is 0. The van der Waals surface area contributed by atoms with Gasteiger partial charge in [-0.2, -0.15) is 0 Å². The molecule has 2 heterocycles. The molecule has 0 spiro atoms. The van der Waals surface area contributed by atoms with E-state index in [0.717, 1.165) is 47.0 Å². The number of carbonyl (C=O) groups is 2. The normalized spacial score (nSPS) is 16.6. The third-order valence-corrected chi connectivity index (χ3v) is 7.79. The van der Waals surface area contributed by atoms with Crippen LogP contribution in [0.1, 0.15) is 62.8 Å². The van der Waals surface area contributed by atoms with Crippen molar-refractivity contribution in [3.05, 3.63) is 58.4 Å². The van der Waals surface area contributed by atoms with Gasteiger partial charge in [0.05, 0.1) is 13.0 Å². The second-order valence-corrected chi connectivity index (χ2v) is 10.1. The lowest BCUT2D eigenvalue weighted by Crippen LogP contribution is -2.60. The number of H-pyrrole nitrogens is 1. The highest BCUT2D eigenvalue weighted by molar-refractivity contribution is 7.09. The van der Waals surface area contributed by atoms with E-state index in [2.05, 4.69) is 10.3 Å². The van der Waals surface area contributed by atoms with E-state index in [4.69, 9.17) is 0 Å². The van der Waals surface area contributed by atoms with Gasteiger partial charge in [-0.05, 0) is 49.3 Å². The van der Waals surface area contributed by atoms with Gasteiger partial charge >= 0.3 is 0 Å². The van der Waals surface area contributed by atoms with Crippen molar-refractivity contribution in [2.24, 2.45) is 0 Å². The predicted octanol–water partition coefficient (Wildman–Crippen LogP) is 5.42. The molecule has 4 rings (SSSR count). The van der Waals surface area contributed by atoms with Gasteiger partial charge in [0.1, 0.15) is 5.54 Å². The Morgan fingerprint density at radius 1 is 1.16 bits per heavy atom. The largest absolute Gasteiger partial charge is 0.361 e. The Balaban J connectivity index is 1.60. The maximum atomic E-state index is 13.7. The van der Waals surface area contributed by atoms with Gasteiger partial charge in [0.15, 0.2) is 0 Å². The lowest BCUT2D eigenvalue weighted by atomic mass is 9.90. The number of aromatic amines is 1. The zero-order valence-corrected chi connectivity index (χ0v) is 19.8. The highest BCUT2D eigenvalue weighted by atomic mass is 32.1. The fourth-order valence-corrected chi connectivity index (χ4v) is 5.39. The van der Waals surface area contributed by atoms with Crippen molar-refractivity contribution >= 4 is 34.1 Å². The number of nitrogens with zero attached hydrogens (tertiary/aromatic N) is 1. The molecule has 1 atom stereocenters. The van der Waals surface area contributed by atoms with Gasteiger partial charge in [0.25, 0.3) is 0 Å². The number of para-hydroxylation sites is 1. The zero-order chi connectivity index (χ0) is 22.6. The Labute approximate surface area is 194 Å².